The average Bonchev–Trinajstić information content (AvgIpc) is 2.44. The van der Waals surface area contributed by atoms with Crippen LogP contribution in [0.3, 0.4) is 0 Å². The van der Waals surface area contributed by atoms with Crippen molar-refractivity contribution >= 4 is 22.6 Å². The lowest BCUT2D eigenvalue weighted by Gasteiger charge is -2.31. The van der Waals surface area contributed by atoms with Crippen LogP contribution in [0.4, 0.5) is 18.9 Å². The smallest absolute Gasteiger partial charge is 0.367 e. The highest BCUT2D eigenvalue weighted by atomic mass is 32.2. The molecule has 2 unspecified atom stereocenters. The SMILES string of the molecule is CC1CN(Cc2ccccc2NS(=O)C(F)(F)F)C(=O)CO1. The van der Waals surface area contributed by atoms with Gasteiger partial charge in [-0.1, -0.05) is 18.2 Å². The second kappa shape index (κ2) is 6.66. The van der Waals surface area contributed by atoms with Crippen molar-refractivity contribution in [1.29, 1.82) is 0 Å². The molecule has 9 heteroatoms. The van der Waals surface area contributed by atoms with Gasteiger partial charge in [-0.3, -0.25) is 9.52 Å². The van der Waals surface area contributed by atoms with Crippen molar-refractivity contribution in [3.05, 3.63) is 29.8 Å². The van der Waals surface area contributed by atoms with Gasteiger partial charge in [-0.2, -0.15) is 13.2 Å². The fourth-order valence-corrected chi connectivity index (χ4v) is 2.56. The van der Waals surface area contributed by atoms with Crippen LogP contribution < -0.4 is 4.72 Å². The lowest BCUT2D eigenvalue weighted by atomic mass is 10.1. The van der Waals surface area contributed by atoms with Gasteiger partial charge < -0.3 is 9.64 Å². The van der Waals surface area contributed by atoms with E-state index in [1.165, 1.54) is 17.0 Å². The molecule has 0 aromatic heterocycles. The first-order valence-electron chi connectivity index (χ1n) is 6.50. The number of hydrogen-bond donors (Lipinski definition) is 1. The maximum absolute atomic E-state index is 12.4. The third-order valence-electron chi connectivity index (χ3n) is 3.11. The number of rotatable bonds is 4. The number of alkyl halides is 3. The van der Waals surface area contributed by atoms with Gasteiger partial charge in [-0.15, -0.1) is 0 Å². The Morgan fingerprint density at radius 2 is 2.09 bits per heavy atom. The number of benzene rings is 1. The van der Waals surface area contributed by atoms with Gasteiger partial charge in [-0.25, -0.2) is 4.21 Å². The van der Waals surface area contributed by atoms with E-state index in [2.05, 4.69) is 0 Å². The van der Waals surface area contributed by atoms with Crippen molar-refractivity contribution in [2.24, 2.45) is 0 Å². The first-order valence-corrected chi connectivity index (χ1v) is 7.65. The first kappa shape index (κ1) is 16.8. The molecule has 0 saturated carbocycles. The van der Waals surface area contributed by atoms with Crippen LogP contribution in [0.2, 0.25) is 0 Å². The molecular formula is C13H15F3N2O3S. The van der Waals surface area contributed by atoms with E-state index in [0.29, 0.717) is 12.1 Å². The molecule has 2 atom stereocenters. The monoisotopic (exact) mass is 336 g/mol. The minimum absolute atomic E-state index is 0.0504. The first-order chi connectivity index (χ1) is 10.3. The molecule has 1 aromatic carbocycles. The van der Waals surface area contributed by atoms with Crippen LogP contribution in [0, 0.1) is 0 Å². The van der Waals surface area contributed by atoms with E-state index in [9.17, 15) is 22.2 Å². The molecule has 1 aliphatic rings. The number of carbonyl (C=O) groups excluding carboxylic acids is 1. The molecule has 1 heterocycles. The Morgan fingerprint density at radius 1 is 1.41 bits per heavy atom. The number of amides is 1. The Labute approximate surface area is 128 Å². The number of nitrogens with zero attached hydrogens (tertiary/aromatic N) is 1. The third kappa shape index (κ3) is 4.20. The van der Waals surface area contributed by atoms with Gasteiger partial charge in [0.15, 0.2) is 0 Å². The predicted molar refractivity (Wildman–Crippen MR) is 75.1 cm³/mol. The van der Waals surface area contributed by atoms with Crippen molar-refractivity contribution in [1.82, 2.24) is 4.90 Å². The molecule has 1 N–H and O–H groups in total. The van der Waals surface area contributed by atoms with Crippen molar-refractivity contribution in [3.8, 4) is 0 Å². The van der Waals surface area contributed by atoms with Gasteiger partial charge in [0.1, 0.15) is 6.61 Å². The van der Waals surface area contributed by atoms with Crippen LogP contribution in [-0.4, -0.2) is 39.8 Å². The summed E-state index contributed by atoms with van der Waals surface area (Å²) in [5.41, 5.74) is -4.30. The number of hydrogen-bond acceptors (Lipinski definition) is 3. The van der Waals surface area contributed by atoms with Gasteiger partial charge >= 0.3 is 5.51 Å². The highest BCUT2D eigenvalue weighted by Crippen LogP contribution is 2.25. The molecule has 122 valence electrons. The number of halogens is 3. The fourth-order valence-electron chi connectivity index (χ4n) is 2.04. The van der Waals surface area contributed by atoms with E-state index < -0.39 is 16.5 Å². The Balaban J connectivity index is 2.14. The molecule has 2 rings (SSSR count). The Kier molecular flexibility index (Phi) is 5.07. The molecule has 1 aliphatic heterocycles. The van der Waals surface area contributed by atoms with Gasteiger partial charge in [0.2, 0.25) is 16.9 Å². The lowest BCUT2D eigenvalue weighted by Crippen LogP contribution is -2.45. The molecular weight excluding hydrogens is 321 g/mol. The normalized spacial score (nSPS) is 20.8. The molecule has 0 radical (unpaired) electrons. The maximum atomic E-state index is 12.4. The van der Waals surface area contributed by atoms with E-state index in [0.717, 1.165) is 0 Å². The summed E-state index contributed by atoms with van der Waals surface area (Å²) < 4.78 is 55.5. The largest absolute Gasteiger partial charge is 0.490 e. The van der Waals surface area contributed by atoms with E-state index in [1.807, 2.05) is 11.6 Å². The quantitative estimate of drug-likeness (QED) is 0.915. The predicted octanol–water partition coefficient (Wildman–Crippen LogP) is 2.03. The molecule has 22 heavy (non-hydrogen) atoms. The standard InChI is InChI=1S/C13H15F3N2O3S/c1-9-6-18(12(19)8-21-9)7-10-4-2-3-5-11(10)17-22(20)13(14,15)16/h2-5,9,17H,6-8H2,1H3. The third-order valence-corrected chi connectivity index (χ3v) is 3.94. The Hall–Kier alpha value is -1.61. The number of para-hydroxylation sites is 1. The van der Waals surface area contributed by atoms with Crippen molar-refractivity contribution in [2.75, 3.05) is 17.9 Å². The maximum Gasteiger partial charge on any atom is 0.490 e. The molecule has 5 nitrogen and oxygen atoms in total. The molecule has 0 aliphatic carbocycles. The zero-order valence-electron chi connectivity index (χ0n) is 11.7. The number of nitrogens with one attached hydrogen (secondary N) is 1. The van der Waals surface area contributed by atoms with E-state index in [-0.39, 0.29) is 30.9 Å². The molecule has 1 saturated heterocycles. The van der Waals surface area contributed by atoms with Crippen LogP contribution in [0.25, 0.3) is 0 Å². The highest BCUT2D eigenvalue weighted by molar-refractivity contribution is 7.87. The number of morpholine rings is 1. The number of carbonyl (C=O) groups is 1. The highest BCUT2D eigenvalue weighted by Gasteiger charge is 2.37. The van der Waals surface area contributed by atoms with Gasteiger partial charge in [0.25, 0.3) is 0 Å². The summed E-state index contributed by atoms with van der Waals surface area (Å²) >= 11 is 0. The van der Waals surface area contributed by atoms with Crippen molar-refractivity contribution in [2.45, 2.75) is 25.1 Å². The minimum atomic E-state index is -4.85. The summed E-state index contributed by atoms with van der Waals surface area (Å²) in [6.45, 7) is 2.24. The van der Waals surface area contributed by atoms with Crippen LogP contribution in [0.5, 0.6) is 0 Å². The van der Waals surface area contributed by atoms with Crippen LogP contribution in [0.15, 0.2) is 24.3 Å². The van der Waals surface area contributed by atoms with E-state index in [1.54, 1.807) is 12.1 Å². The summed E-state index contributed by atoms with van der Waals surface area (Å²) in [4.78, 5) is 13.3. The van der Waals surface area contributed by atoms with Gasteiger partial charge in [-0.05, 0) is 18.6 Å². The van der Waals surface area contributed by atoms with Crippen LogP contribution in [-0.2, 0) is 27.1 Å². The van der Waals surface area contributed by atoms with E-state index in [4.69, 9.17) is 4.74 Å². The van der Waals surface area contributed by atoms with Crippen molar-refractivity contribution in [3.63, 3.8) is 0 Å². The van der Waals surface area contributed by atoms with Gasteiger partial charge in [0, 0.05) is 13.1 Å². The zero-order chi connectivity index (χ0) is 16.3. The topological polar surface area (TPSA) is 58.6 Å². The summed E-state index contributed by atoms with van der Waals surface area (Å²) in [7, 11) is -3.20. The second-order valence-electron chi connectivity index (χ2n) is 4.87. The fraction of sp³-hybridized carbons (Fsp3) is 0.462. The molecule has 1 fully saturated rings. The van der Waals surface area contributed by atoms with Gasteiger partial charge in [0.05, 0.1) is 11.8 Å². The number of ether oxygens (including phenoxy) is 1. The minimum Gasteiger partial charge on any atom is -0.367 e. The average molecular weight is 336 g/mol. The Morgan fingerprint density at radius 3 is 2.77 bits per heavy atom. The zero-order valence-corrected chi connectivity index (χ0v) is 12.5. The second-order valence-corrected chi connectivity index (χ2v) is 6.07. The molecule has 1 aromatic rings. The molecule has 0 bridgehead atoms. The van der Waals surface area contributed by atoms with E-state index >= 15 is 0 Å². The summed E-state index contributed by atoms with van der Waals surface area (Å²) in [5.74, 6) is -0.232. The number of anilines is 1. The summed E-state index contributed by atoms with van der Waals surface area (Å²) in [6.07, 6.45) is -0.137. The van der Waals surface area contributed by atoms with Crippen LogP contribution >= 0.6 is 0 Å². The summed E-state index contributed by atoms with van der Waals surface area (Å²) in [6, 6.07) is 6.16. The summed E-state index contributed by atoms with van der Waals surface area (Å²) in [5, 5.41) is 0. The molecule has 1 amide bonds. The lowest BCUT2D eigenvalue weighted by molar-refractivity contribution is -0.148. The van der Waals surface area contributed by atoms with Crippen LogP contribution in [0.1, 0.15) is 12.5 Å². The van der Waals surface area contributed by atoms with Crippen molar-refractivity contribution < 1.29 is 26.9 Å². The Bertz CT molecular complexity index is 580. The molecule has 0 spiro atoms.